The Balaban J connectivity index is 1.46. The predicted octanol–water partition coefficient (Wildman–Crippen LogP) is 3.14. The zero-order valence-electron chi connectivity index (χ0n) is 18.9. The van der Waals surface area contributed by atoms with E-state index in [0.29, 0.717) is 24.4 Å². The number of carbonyl (C=O) groups is 1. The normalized spacial score (nSPS) is 19.2. The van der Waals surface area contributed by atoms with Gasteiger partial charge in [0.15, 0.2) is 0 Å². The summed E-state index contributed by atoms with van der Waals surface area (Å²) >= 11 is -2.25. The molecule has 2 aliphatic rings. The molecular weight excluding hydrogens is 445 g/mol. The van der Waals surface area contributed by atoms with Crippen molar-refractivity contribution in [2.45, 2.75) is 31.5 Å². The number of hydrogen-bond acceptors (Lipinski definition) is 4. The maximum Gasteiger partial charge on any atom is 0.259 e. The largest absolute Gasteiger partial charge is 0.365 e. The minimum absolute atomic E-state index is 0.0683. The van der Waals surface area contributed by atoms with E-state index in [1.807, 2.05) is 6.07 Å². The Hall–Kier alpha value is -2.33. The molecule has 7 nitrogen and oxygen atoms in total. The number of piperidine rings is 1. The number of nitrogens with one attached hydrogen (secondary N) is 1. The number of halogens is 1. The highest BCUT2D eigenvalue weighted by Gasteiger charge is 2.42. The van der Waals surface area contributed by atoms with Crippen molar-refractivity contribution in [1.82, 2.24) is 9.80 Å². The third-order valence-electron chi connectivity index (χ3n) is 6.66. The highest BCUT2D eigenvalue weighted by molar-refractivity contribution is 7.80. The van der Waals surface area contributed by atoms with Gasteiger partial charge >= 0.3 is 0 Å². The summed E-state index contributed by atoms with van der Waals surface area (Å²) in [5, 5.41) is 0. The Labute approximate surface area is 196 Å². The molecule has 2 aromatic carbocycles. The molecule has 0 bridgehead atoms. The molecule has 4 rings (SSSR count). The fourth-order valence-corrected chi connectivity index (χ4v) is 5.29. The molecule has 2 N–H and O–H groups in total. The van der Waals surface area contributed by atoms with Gasteiger partial charge in [0.25, 0.3) is 11.3 Å². The van der Waals surface area contributed by atoms with Crippen molar-refractivity contribution in [3.8, 4) is 0 Å². The third-order valence-corrected chi connectivity index (χ3v) is 7.07. The molecule has 178 valence electrons. The zero-order valence-corrected chi connectivity index (χ0v) is 19.7. The molecule has 1 saturated heterocycles. The van der Waals surface area contributed by atoms with E-state index in [1.165, 1.54) is 34.2 Å². The number of nitrogens with zero attached hydrogens (tertiary/aromatic N) is 2. The van der Waals surface area contributed by atoms with Crippen LogP contribution in [0.1, 0.15) is 29.5 Å². The standard InChI is InChI=1S/C24H30FN3O4S/c1-27(2)23(29)19(13-18-14-20(26-33(30)31)7-8-22(18)25)15-28-11-9-24(10-12-28)21-6-4-3-5-17(21)16-32-24/h3-8,14,19,26H,9-13,15-16H2,1-2H3,(H,30,31). The van der Waals surface area contributed by atoms with Gasteiger partial charge in [-0.1, -0.05) is 24.3 Å². The van der Waals surface area contributed by atoms with Gasteiger partial charge in [-0.2, -0.15) is 0 Å². The summed E-state index contributed by atoms with van der Waals surface area (Å²) in [5.74, 6) is -0.939. The zero-order chi connectivity index (χ0) is 23.6. The number of amides is 1. The first-order valence-corrected chi connectivity index (χ1v) is 12.2. The lowest BCUT2D eigenvalue weighted by Crippen LogP contribution is -2.46. The molecule has 1 fully saturated rings. The first-order valence-electron chi connectivity index (χ1n) is 11.1. The van der Waals surface area contributed by atoms with Crippen LogP contribution < -0.4 is 4.72 Å². The van der Waals surface area contributed by atoms with Crippen molar-refractivity contribution in [3.05, 3.63) is 65.0 Å². The number of likely N-dealkylation sites (tertiary alicyclic amines) is 1. The van der Waals surface area contributed by atoms with Gasteiger partial charge < -0.3 is 14.5 Å². The Morgan fingerprint density at radius 2 is 2.00 bits per heavy atom. The van der Waals surface area contributed by atoms with Gasteiger partial charge in [-0.3, -0.25) is 14.1 Å². The van der Waals surface area contributed by atoms with Crippen LogP contribution in [0.5, 0.6) is 0 Å². The molecule has 2 atom stereocenters. The van der Waals surface area contributed by atoms with E-state index < -0.39 is 23.0 Å². The van der Waals surface area contributed by atoms with Crippen molar-refractivity contribution in [1.29, 1.82) is 0 Å². The molecule has 0 aliphatic carbocycles. The summed E-state index contributed by atoms with van der Waals surface area (Å²) in [6, 6.07) is 12.5. The van der Waals surface area contributed by atoms with E-state index in [0.717, 1.165) is 25.9 Å². The van der Waals surface area contributed by atoms with Crippen molar-refractivity contribution in [3.63, 3.8) is 0 Å². The number of ether oxygens (including phenoxy) is 1. The van der Waals surface area contributed by atoms with Gasteiger partial charge in [-0.25, -0.2) is 8.60 Å². The van der Waals surface area contributed by atoms with Crippen LogP contribution in [0.2, 0.25) is 0 Å². The average Bonchev–Trinajstić information content (AvgIpc) is 3.14. The van der Waals surface area contributed by atoms with Crippen molar-refractivity contribution >= 4 is 22.9 Å². The highest BCUT2D eigenvalue weighted by Crippen LogP contribution is 2.44. The SMILES string of the molecule is CN(C)C(=O)C(Cc1cc(NS(=O)O)ccc1F)CN1CCC2(CC1)OCc1ccccc12. The second-order valence-electron chi connectivity index (χ2n) is 9.03. The summed E-state index contributed by atoms with van der Waals surface area (Å²) in [6.07, 6.45) is 1.91. The van der Waals surface area contributed by atoms with E-state index in [2.05, 4.69) is 27.8 Å². The summed E-state index contributed by atoms with van der Waals surface area (Å²) in [4.78, 5) is 16.7. The van der Waals surface area contributed by atoms with Gasteiger partial charge in [-0.15, -0.1) is 0 Å². The summed E-state index contributed by atoms with van der Waals surface area (Å²) in [7, 11) is 3.40. The van der Waals surface area contributed by atoms with E-state index in [4.69, 9.17) is 9.29 Å². The fraction of sp³-hybridized carbons (Fsp3) is 0.458. The monoisotopic (exact) mass is 475 g/mol. The van der Waals surface area contributed by atoms with Gasteiger partial charge in [0.1, 0.15) is 5.82 Å². The van der Waals surface area contributed by atoms with E-state index in [-0.39, 0.29) is 17.9 Å². The van der Waals surface area contributed by atoms with Gasteiger partial charge in [0, 0.05) is 39.4 Å². The molecule has 33 heavy (non-hydrogen) atoms. The summed E-state index contributed by atoms with van der Waals surface area (Å²) in [5.41, 5.74) is 2.95. The van der Waals surface area contributed by atoms with E-state index >= 15 is 0 Å². The van der Waals surface area contributed by atoms with Crippen LogP contribution in [0.3, 0.4) is 0 Å². The Bertz CT molecular complexity index is 1040. The maximum atomic E-state index is 14.5. The molecule has 0 radical (unpaired) electrons. The van der Waals surface area contributed by atoms with Gasteiger partial charge in [0.05, 0.1) is 18.1 Å². The summed E-state index contributed by atoms with van der Waals surface area (Å²) < 4.78 is 43.3. The number of benzene rings is 2. The van der Waals surface area contributed by atoms with Gasteiger partial charge in [0.2, 0.25) is 5.91 Å². The summed E-state index contributed by atoms with van der Waals surface area (Å²) in [6.45, 7) is 2.73. The molecule has 2 heterocycles. The minimum Gasteiger partial charge on any atom is -0.365 e. The smallest absolute Gasteiger partial charge is 0.259 e. The first-order chi connectivity index (χ1) is 15.8. The molecule has 1 spiro atoms. The predicted molar refractivity (Wildman–Crippen MR) is 125 cm³/mol. The molecule has 2 unspecified atom stereocenters. The number of rotatable bonds is 7. The van der Waals surface area contributed by atoms with Crippen molar-refractivity contribution in [2.75, 3.05) is 38.5 Å². The van der Waals surface area contributed by atoms with Crippen LogP contribution in [0.25, 0.3) is 0 Å². The van der Waals surface area contributed by atoms with Crippen LogP contribution in [-0.2, 0) is 39.4 Å². The number of carbonyl (C=O) groups excluding carboxylic acids is 1. The molecule has 9 heteroatoms. The average molecular weight is 476 g/mol. The Morgan fingerprint density at radius 1 is 1.27 bits per heavy atom. The van der Waals surface area contributed by atoms with Crippen molar-refractivity contribution < 1.29 is 22.7 Å². The van der Waals surface area contributed by atoms with Crippen LogP contribution in [0.15, 0.2) is 42.5 Å². The number of anilines is 1. The third kappa shape index (κ3) is 5.27. The Kier molecular flexibility index (Phi) is 7.13. The van der Waals surface area contributed by atoms with Crippen LogP contribution >= 0.6 is 0 Å². The molecule has 1 amide bonds. The van der Waals surface area contributed by atoms with Crippen molar-refractivity contribution in [2.24, 2.45) is 5.92 Å². The lowest BCUT2D eigenvalue weighted by atomic mass is 9.83. The number of hydrogen-bond donors (Lipinski definition) is 2. The second-order valence-corrected chi connectivity index (χ2v) is 9.73. The fourth-order valence-electron chi connectivity index (χ4n) is 4.96. The lowest BCUT2D eigenvalue weighted by molar-refractivity contribution is -0.134. The molecular formula is C24H30FN3O4S. The molecule has 0 saturated carbocycles. The maximum absolute atomic E-state index is 14.5. The molecule has 2 aromatic rings. The minimum atomic E-state index is -2.25. The van der Waals surface area contributed by atoms with Crippen LogP contribution in [0, 0.1) is 11.7 Å². The van der Waals surface area contributed by atoms with Gasteiger partial charge in [-0.05, 0) is 54.2 Å². The van der Waals surface area contributed by atoms with Crippen LogP contribution in [-0.4, -0.2) is 58.2 Å². The van der Waals surface area contributed by atoms with E-state index in [1.54, 1.807) is 14.1 Å². The lowest BCUT2D eigenvalue weighted by Gasteiger charge is -2.40. The number of fused-ring (bicyclic) bond motifs is 2. The molecule has 0 aromatic heterocycles. The van der Waals surface area contributed by atoms with E-state index in [9.17, 15) is 13.4 Å². The topological polar surface area (TPSA) is 82.1 Å². The second kappa shape index (κ2) is 9.89. The first kappa shape index (κ1) is 23.8. The Morgan fingerprint density at radius 3 is 2.70 bits per heavy atom. The van der Waals surface area contributed by atoms with Crippen LogP contribution in [0.4, 0.5) is 10.1 Å². The quantitative estimate of drug-likeness (QED) is 0.602. The highest BCUT2D eigenvalue weighted by atomic mass is 32.2. The molecule has 2 aliphatic heterocycles.